The van der Waals surface area contributed by atoms with E-state index in [1.165, 1.54) is 0 Å². The molecule has 0 saturated heterocycles. The lowest BCUT2D eigenvalue weighted by Crippen LogP contribution is -2.43. The van der Waals surface area contributed by atoms with Gasteiger partial charge in [-0.05, 0) is 37.1 Å². The molecule has 0 spiro atoms. The lowest BCUT2D eigenvalue weighted by Gasteiger charge is -2.29. The van der Waals surface area contributed by atoms with E-state index in [-0.39, 0.29) is 23.6 Å². The Kier molecular flexibility index (Phi) is 5.57. The Morgan fingerprint density at radius 1 is 1.20 bits per heavy atom. The molecule has 3 aromatic rings. The van der Waals surface area contributed by atoms with E-state index in [4.69, 9.17) is 16.2 Å². The van der Waals surface area contributed by atoms with Crippen molar-refractivity contribution in [3.63, 3.8) is 0 Å². The van der Waals surface area contributed by atoms with Crippen molar-refractivity contribution in [1.82, 2.24) is 20.2 Å². The highest BCUT2D eigenvalue weighted by Gasteiger charge is 2.23. The number of aromatic nitrogens is 4. The first-order valence-corrected chi connectivity index (χ1v) is 9.81. The van der Waals surface area contributed by atoms with Crippen LogP contribution in [0.25, 0.3) is 10.9 Å². The van der Waals surface area contributed by atoms with Crippen LogP contribution in [0.5, 0.6) is 5.75 Å². The van der Waals surface area contributed by atoms with Crippen molar-refractivity contribution < 1.29 is 9.53 Å². The summed E-state index contributed by atoms with van der Waals surface area (Å²) in [7, 11) is 1.60. The number of fused-ring (bicyclic) bond motifs is 1. The summed E-state index contributed by atoms with van der Waals surface area (Å²) < 4.78 is 5.41. The van der Waals surface area contributed by atoms with Gasteiger partial charge in [-0.25, -0.2) is 0 Å². The molecule has 1 aliphatic carbocycles. The van der Waals surface area contributed by atoms with Crippen molar-refractivity contribution in [3.05, 3.63) is 36.2 Å². The van der Waals surface area contributed by atoms with Crippen LogP contribution < -0.4 is 26.8 Å². The maximum absolute atomic E-state index is 11.8. The number of rotatable bonds is 6. The van der Waals surface area contributed by atoms with Crippen LogP contribution in [0.3, 0.4) is 0 Å². The average molecular weight is 408 g/mol. The molecular formula is C20H24N8O2. The van der Waals surface area contributed by atoms with Crippen molar-refractivity contribution in [1.29, 1.82) is 0 Å². The second-order valence-corrected chi connectivity index (χ2v) is 7.27. The van der Waals surface area contributed by atoms with Gasteiger partial charge in [0.2, 0.25) is 5.95 Å². The van der Waals surface area contributed by atoms with E-state index in [1.54, 1.807) is 19.4 Å². The molecule has 1 saturated carbocycles. The third kappa shape index (κ3) is 4.08. The fourth-order valence-electron chi connectivity index (χ4n) is 3.66. The number of hydrogen-bond acceptors (Lipinski definition) is 9. The fraction of sp³-hybridized carbons (Fsp3) is 0.350. The number of nitrogens with two attached hydrogens (primary N) is 2. The minimum atomic E-state index is -0.724. The van der Waals surface area contributed by atoms with Crippen LogP contribution in [0.1, 0.15) is 36.2 Å². The zero-order chi connectivity index (χ0) is 21.1. The lowest BCUT2D eigenvalue weighted by atomic mass is 9.91. The SMILES string of the molecule is COc1ccnc2ccc(Nc3nc(N[C@@H]4CCCC[C@@H]4N)nnc3C(N)=O)cc12. The number of hydrogen-bond donors (Lipinski definition) is 4. The molecule has 1 amide bonds. The molecule has 1 fully saturated rings. The van der Waals surface area contributed by atoms with Gasteiger partial charge in [0.1, 0.15) is 5.75 Å². The third-order valence-electron chi connectivity index (χ3n) is 5.24. The Hall–Kier alpha value is -3.53. The quantitative estimate of drug-likeness (QED) is 0.479. The molecule has 1 aromatic carbocycles. The first-order chi connectivity index (χ1) is 14.5. The highest BCUT2D eigenvalue weighted by Crippen LogP contribution is 2.28. The molecule has 156 valence electrons. The van der Waals surface area contributed by atoms with Crippen molar-refractivity contribution in [2.75, 3.05) is 17.7 Å². The molecular weight excluding hydrogens is 384 g/mol. The molecule has 1 aliphatic rings. The van der Waals surface area contributed by atoms with E-state index in [1.807, 2.05) is 18.2 Å². The van der Waals surface area contributed by atoms with Crippen molar-refractivity contribution >= 4 is 34.3 Å². The van der Waals surface area contributed by atoms with Crippen molar-refractivity contribution in [2.24, 2.45) is 11.5 Å². The summed E-state index contributed by atoms with van der Waals surface area (Å²) in [5.74, 6) is 0.475. The molecule has 0 radical (unpaired) electrons. The molecule has 0 aliphatic heterocycles. The van der Waals surface area contributed by atoms with Crippen molar-refractivity contribution in [3.8, 4) is 5.75 Å². The monoisotopic (exact) mass is 408 g/mol. The van der Waals surface area contributed by atoms with Gasteiger partial charge in [-0.2, -0.15) is 4.98 Å². The third-order valence-corrected chi connectivity index (χ3v) is 5.24. The topological polar surface area (TPSA) is 154 Å². The van der Waals surface area contributed by atoms with E-state index in [9.17, 15) is 4.79 Å². The van der Waals surface area contributed by atoms with Gasteiger partial charge >= 0.3 is 0 Å². The first kappa shape index (κ1) is 19.8. The van der Waals surface area contributed by atoms with Gasteiger partial charge in [-0.15, -0.1) is 10.2 Å². The van der Waals surface area contributed by atoms with Gasteiger partial charge in [0.25, 0.3) is 5.91 Å². The van der Waals surface area contributed by atoms with Crippen LogP contribution >= 0.6 is 0 Å². The summed E-state index contributed by atoms with van der Waals surface area (Å²) in [5, 5.41) is 15.2. The van der Waals surface area contributed by atoms with Crippen LogP contribution in [-0.4, -0.2) is 45.3 Å². The van der Waals surface area contributed by atoms with Crippen molar-refractivity contribution in [2.45, 2.75) is 37.8 Å². The second kappa shape index (κ2) is 8.46. The molecule has 0 unspecified atom stereocenters. The summed E-state index contributed by atoms with van der Waals surface area (Å²) in [6, 6.07) is 7.39. The average Bonchev–Trinajstić information content (AvgIpc) is 2.75. The minimum Gasteiger partial charge on any atom is -0.496 e. The normalized spacial score (nSPS) is 18.7. The highest BCUT2D eigenvalue weighted by atomic mass is 16.5. The van der Waals surface area contributed by atoms with Crippen LogP contribution in [0, 0.1) is 0 Å². The summed E-state index contributed by atoms with van der Waals surface area (Å²) in [4.78, 5) is 20.6. The highest BCUT2D eigenvalue weighted by molar-refractivity contribution is 5.96. The maximum atomic E-state index is 11.8. The molecule has 10 nitrogen and oxygen atoms in total. The maximum Gasteiger partial charge on any atom is 0.273 e. The Labute approximate surface area is 173 Å². The predicted molar refractivity (Wildman–Crippen MR) is 114 cm³/mol. The molecule has 10 heteroatoms. The number of nitrogens with one attached hydrogen (secondary N) is 2. The van der Waals surface area contributed by atoms with Gasteiger partial charge in [-0.1, -0.05) is 12.8 Å². The van der Waals surface area contributed by atoms with Gasteiger partial charge in [0.15, 0.2) is 11.5 Å². The zero-order valence-electron chi connectivity index (χ0n) is 16.6. The Bertz CT molecular complexity index is 1070. The molecule has 2 atom stereocenters. The van der Waals surface area contributed by atoms with Gasteiger partial charge in [0.05, 0.1) is 12.6 Å². The number of primary amides is 1. The van der Waals surface area contributed by atoms with E-state index < -0.39 is 5.91 Å². The number of amides is 1. The first-order valence-electron chi connectivity index (χ1n) is 9.81. The smallest absolute Gasteiger partial charge is 0.273 e. The summed E-state index contributed by atoms with van der Waals surface area (Å²) >= 11 is 0. The summed E-state index contributed by atoms with van der Waals surface area (Å²) in [6.07, 6.45) is 5.77. The number of methoxy groups -OCH3 is 1. The number of benzene rings is 1. The molecule has 6 N–H and O–H groups in total. The summed E-state index contributed by atoms with van der Waals surface area (Å²) in [5.41, 5.74) is 13.1. The predicted octanol–water partition coefficient (Wildman–Crippen LogP) is 1.95. The lowest BCUT2D eigenvalue weighted by molar-refractivity contribution is 0.0995. The minimum absolute atomic E-state index is 0.0232. The molecule has 0 bridgehead atoms. The number of nitrogens with zero attached hydrogens (tertiary/aromatic N) is 4. The molecule has 4 rings (SSSR count). The number of carbonyl (C=O) groups excluding carboxylic acids is 1. The Morgan fingerprint density at radius 2 is 2.03 bits per heavy atom. The zero-order valence-corrected chi connectivity index (χ0v) is 16.6. The van der Waals surface area contributed by atoms with E-state index >= 15 is 0 Å². The van der Waals surface area contributed by atoms with E-state index in [0.717, 1.165) is 36.6 Å². The van der Waals surface area contributed by atoms with Gasteiger partial charge in [0, 0.05) is 29.4 Å². The largest absolute Gasteiger partial charge is 0.496 e. The second-order valence-electron chi connectivity index (χ2n) is 7.27. The Morgan fingerprint density at radius 3 is 2.80 bits per heavy atom. The van der Waals surface area contributed by atoms with E-state index in [0.29, 0.717) is 17.4 Å². The fourth-order valence-corrected chi connectivity index (χ4v) is 3.66. The number of pyridine rings is 1. The molecule has 30 heavy (non-hydrogen) atoms. The molecule has 2 aromatic heterocycles. The number of anilines is 3. The standard InChI is InChI=1S/C20H24N8O2/c1-30-16-8-9-23-14-7-6-11(10-12(14)16)24-19-17(18(22)29)27-28-20(26-19)25-15-5-3-2-4-13(15)21/h6-10,13,15H,2-5,21H2,1H3,(H2,22,29)(H2,24,25,26,28)/t13-,15+/m0/s1. The molecule has 2 heterocycles. The van der Waals surface area contributed by atoms with Crippen LogP contribution in [0.2, 0.25) is 0 Å². The van der Waals surface area contributed by atoms with Crippen LogP contribution in [0.15, 0.2) is 30.5 Å². The summed E-state index contributed by atoms with van der Waals surface area (Å²) in [6.45, 7) is 0. The van der Waals surface area contributed by atoms with Gasteiger partial charge < -0.3 is 26.8 Å². The van der Waals surface area contributed by atoms with Gasteiger partial charge in [-0.3, -0.25) is 9.78 Å². The van der Waals surface area contributed by atoms with E-state index in [2.05, 4.69) is 30.8 Å². The number of ether oxygens (including phenoxy) is 1. The van der Waals surface area contributed by atoms with Crippen LogP contribution in [0.4, 0.5) is 17.5 Å². The number of carbonyl (C=O) groups is 1. The van der Waals surface area contributed by atoms with Crippen LogP contribution in [-0.2, 0) is 0 Å². The Balaban J connectivity index is 1.65.